The van der Waals surface area contributed by atoms with Gasteiger partial charge in [0.25, 0.3) is 0 Å². The third-order valence-electron chi connectivity index (χ3n) is 4.39. The average molecular weight is 365 g/mol. The highest BCUT2D eigenvalue weighted by Crippen LogP contribution is 2.36. The highest BCUT2D eigenvalue weighted by Gasteiger charge is 2.49. The van der Waals surface area contributed by atoms with Gasteiger partial charge in [-0.25, -0.2) is 9.18 Å². The molecule has 1 aliphatic heterocycles. The Hall–Kier alpha value is -2.11. The topological polar surface area (TPSA) is 64.6 Å². The fourth-order valence-electron chi connectivity index (χ4n) is 3.38. The first-order valence-electron chi connectivity index (χ1n) is 8.96. The Labute approximate surface area is 154 Å². The molecule has 26 heavy (non-hydrogen) atoms. The van der Waals surface area contributed by atoms with Crippen molar-refractivity contribution >= 4 is 12.1 Å². The molecule has 0 aliphatic carbocycles. The molecule has 1 amide bonds. The van der Waals surface area contributed by atoms with Gasteiger partial charge in [0.05, 0.1) is 6.04 Å². The normalized spacial score (nSPS) is 21.4. The summed E-state index contributed by atoms with van der Waals surface area (Å²) >= 11 is 0. The van der Waals surface area contributed by atoms with E-state index in [0.29, 0.717) is 19.3 Å². The second-order valence-corrected chi connectivity index (χ2v) is 8.21. The number of hydrogen-bond acceptors (Lipinski definition) is 4. The van der Waals surface area contributed by atoms with Gasteiger partial charge in [-0.05, 0) is 44.4 Å². The summed E-state index contributed by atoms with van der Waals surface area (Å²) < 4.78 is 24.3. The molecule has 1 unspecified atom stereocenters. The van der Waals surface area contributed by atoms with Crippen molar-refractivity contribution in [3.63, 3.8) is 0 Å². The molecule has 1 saturated heterocycles. The van der Waals surface area contributed by atoms with Crippen LogP contribution in [0.4, 0.5) is 9.18 Å². The number of cyclic esters (lactones) is 1. The van der Waals surface area contributed by atoms with Crippen LogP contribution in [0.3, 0.4) is 0 Å². The number of amides is 1. The van der Waals surface area contributed by atoms with E-state index in [2.05, 4.69) is 5.32 Å². The Morgan fingerprint density at radius 3 is 2.38 bits per heavy atom. The molecule has 1 aromatic carbocycles. The standard InChI is InChI=1S/C20H28FNO4/c1-13(2)17(22-18(24)26-19(3,4)5)20(11-10-16(23)25-20)12-14-6-8-15(21)9-7-14/h6-9,13,17H,10-12H2,1-5H3,(H,22,24)/t17?,20-/m0/s1. The van der Waals surface area contributed by atoms with E-state index in [-0.39, 0.29) is 17.7 Å². The molecule has 0 spiro atoms. The van der Waals surface area contributed by atoms with Gasteiger partial charge < -0.3 is 14.8 Å². The van der Waals surface area contributed by atoms with Gasteiger partial charge in [-0.3, -0.25) is 4.79 Å². The van der Waals surface area contributed by atoms with Gasteiger partial charge in [0.1, 0.15) is 17.0 Å². The van der Waals surface area contributed by atoms with Crippen LogP contribution < -0.4 is 5.32 Å². The maximum absolute atomic E-state index is 13.2. The summed E-state index contributed by atoms with van der Waals surface area (Å²) in [7, 11) is 0. The van der Waals surface area contributed by atoms with Gasteiger partial charge in [0, 0.05) is 19.3 Å². The van der Waals surface area contributed by atoms with Crippen LogP contribution in [0, 0.1) is 11.7 Å². The number of esters is 1. The molecule has 0 bridgehead atoms. The molecule has 1 aliphatic rings. The lowest BCUT2D eigenvalue weighted by Crippen LogP contribution is -2.57. The lowest BCUT2D eigenvalue weighted by atomic mass is 9.79. The third kappa shape index (κ3) is 5.19. The quantitative estimate of drug-likeness (QED) is 0.801. The Kier molecular flexibility index (Phi) is 5.94. The molecule has 0 aromatic heterocycles. The van der Waals surface area contributed by atoms with Crippen LogP contribution in [0.5, 0.6) is 0 Å². The van der Waals surface area contributed by atoms with Gasteiger partial charge in [0.2, 0.25) is 0 Å². The van der Waals surface area contributed by atoms with Crippen molar-refractivity contribution in [1.82, 2.24) is 5.32 Å². The highest BCUT2D eigenvalue weighted by atomic mass is 19.1. The predicted molar refractivity (Wildman–Crippen MR) is 96.2 cm³/mol. The molecule has 1 fully saturated rings. The van der Waals surface area contributed by atoms with E-state index in [9.17, 15) is 14.0 Å². The minimum absolute atomic E-state index is 0.00821. The zero-order valence-electron chi connectivity index (χ0n) is 16.1. The SMILES string of the molecule is CC(C)C(NC(=O)OC(C)(C)C)[C@@]1(Cc2ccc(F)cc2)CCC(=O)O1. The maximum atomic E-state index is 13.2. The van der Waals surface area contributed by atoms with E-state index in [4.69, 9.17) is 9.47 Å². The predicted octanol–water partition coefficient (Wildman–Crippen LogP) is 3.99. The number of carbonyl (C=O) groups excluding carboxylic acids is 2. The summed E-state index contributed by atoms with van der Waals surface area (Å²) in [6.07, 6.45) is 0.637. The summed E-state index contributed by atoms with van der Waals surface area (Å²) in [5.74, 6) is -0.601. The summed E-state index contributed by atoms with van der Waals surface area (Å²) in [6, 6.07) is 5.69. The van der Waals surface area contributed by atoms with Crippen molar-refractivity contribution in [2.24, 2.45) is 5.92 Å². The first-order valence-corrected chi connectivity index (χ1v) is 8.96. The minimum atomic E-state index is -0.875. The van der Waals surface area contributed by atoms with Crippen LogP contribution >= 0.6 is 0 Å². The number of hydrogen-bond donors (Lipinski definition) is 1. The zero-order chi connectivity index (χ0) is 19.5. The average Bonchev–Trinajstić information content (AvgIpc) is 2.87. The van der Waals surface area contributed by atoms with Crippen LogP contribution in [0.15, 0.2) is 24.3 Å². The third-order valence-corrected chi connectivity index (χ3v) is 4.39. The number of benzene rings is 1. The lowest BCUT2D eigenvalue weighted by molar-refractivity contribution is -0.151. The van der Waals surface area contributed by atoms with Gasteiger partial charge in [0.15, 0.2) is 0 Å². The van der Waals surface area contributed by atoms with Gasteiger partial charge >= 0.3 is 12.1 Å². The van der Waals surface area contributed by atoms with Crippen LogP contribution in [0.1, 0.15) is 53.0 Å². The molecule has 6 heteroatoms. The van der Waals surface area contributed by atoms with Crippen LogP contribution in [-0.4, -0.2) is 29.3 Å². The molecule has 1 aromatic rings. The molecule has 1 N–H and O–H groups in total. The summed E-state index contributed by atoms with van der Waals surface area (Å²) in [4.78, 5) is 24.2. The number of carbonyl (C=O) groups is 2. The molecule has 144 valence electrons. The van der Waals surface area contributed by atoms with E-state index in [1.165, 1.54) is 12.1 Å². The van der Waals surface area contributed by atoms with E-state index < -0.39 is 23.3 Å². The minimum Gasteiger partial charge on any atom is -0.456 e. The molecular weight excluding hydrogens is 337 g/mol. The van der Waals surface area contributed by atoms with Crippen molar-refractivity contribution < 1.29 is 23.5 Å². The number of halogens is 1. The van der Waals surface area contributed by atoms with E-state index in [0.717, 1.165) is 5.56 Å². The second-order valence-electron chi connectivity index (χ2n) is 8.21. The van der Waals surface area contributed by atoms with Crippen molar-refractivity contribution in [3.8, 4) is 0 Å². The lowest BCUT2D eigenvalue weighted by Gasteiger charge is -2.39. The van der Waals surface area contributed by atoms with Gasteiger partial charge in [-0.1, -0.05) is 26.0 Å². The van der Waals surface area contributed by atoms with Crippen molar-refractivity contribution in [3.05, 3.63) is 35.6 Å². The van der Waals surface area contributed by atoms with Crippen LogP contribution in [0.2, 0.25) is 0 Å². The number of ether oxygens (including phenoxy) is 2. The van der Waals surface area contributed by atoms with Crippen LogP contribution in [-0.2, 0) is 20.7 Å². The molecule has 2 rings (SSSR count). The fourth-order valence-corrected chi connectivity index (χ4v) is 3.38. The van der Waals surface area contributed by atoms with Gasteiger partial charge in [-0.2, -0.15) is 0 Å². The largest absolute Gasteiger partial charge is 0.456 e. The van der Waals surface area contributed by atoms with E-state index >= 15 is 0 Å². The molecule has 1 heterocycles. The first-order chi connectivity index (χ1) is 12.0. The van der Waals surface area contributed by atoms with Crippen molar-refractivity contribution in [2.45, 2.75) is 71.1 Å². The summed E-state index contributed by atoms with van der Waals surface area (Å²) in [5, 5.41) is 2.90. The Morgan fingerprint density at radius 2 is 1.92 bits per heavy atom. The fraction of sp³-hybridized carbons (Fsp3) is 0.600. The zero-order valence-corrected chi connectivity index (χ0v) is 16.1. The second kappa shape index (κ2) is 7.64. The van der Waals surface area contributed by atoms with E-state index in [1.807, 2.05) is 13.8 Å². The van der Waals surface area contributed by atoms with Gasteiger partial charge in [-0.15, -0.1) is 0 Å². The smallest absolute Gasteiger partial charge is 0.408 e. The Bertz CT molecular complexity index is 651. The number of nitrogens with one attached hydrogen (secondary N) is 1. The molecule has 0 saturated carbocycles. The molecular formula is C20H28FNO4. The van der Waals surface area contributed by atoms with E-state index in [1.54, 1.807) is 32.9 Å². The molecule has 0 radical (unpaired) electrons. The molecule has 5 nitrogen and oxygen atoms in total. The summed E-state index contributed by atoms with van der Waals surface area (Å²) in [6.45, 7) is 9.30. The van der Waals surface area contributed by atoms with Crippen molar-refractivity contribution in [2.75, 3.05) is 0 Å². The number of alkyl carbamates (subject to hydrolysis) is 1. The first kappa shape index (κ1) is 20.2. The maximum Gasteiger partial charge on any atom is 0.408 e. The highest BCUT2D eigenvalue weighted by molar-refractivity contribution is 5.73. The molecule has 2 atom stereocenters. The van der Waals surface area contributed by atoms with Crippen LogP contribution in [0.25, 0.3) is 0 Å². The monoisotopic (exact) mass is 365 g/mol. The number of rotatable bonds is 5. The Morgan fingerprint density at radius 1 is 1.31 bits per heavy atom. The van der Waals surface area contributed by atoms with Crippen molar-refractivity contribution in [1.29, 1.82) is 0 Å². The summed E-state index contributed by atoms with van der Waals surface area (Å²) in [5.41, 5.74) is -0.653. The Balaban J connectivity index is 2.27.